The van der Waals surface area contributed by atoms with E-state index in [1.807, 2.05) is 6.92 Å². The van der Waals surface area contributed by atoms with Gasteiger partial charge in [0.2, 0.25) is 5.91 Å². The summed E-state index contributed by atoms with van der Waals surface area (Å²) in [4.78, 5) is 16.5. The van der Waals surface area contributed by atoms with E-state index in [-0.39, 0.29) is 18.1 Å². The molecule has 0 spiro atoms. The Labute approximate surface area is 171 Å². The normalized spacial score (nSPS) is 10.8. The maximum Gasteiger partial charge on any atom is 0.230 e. The minimum Gasteiger partial charge on any atom is -0.496 e. The van der Waals surface area contributed by atoms with Gasteiger partial charge in [-0.15, -0.1) is 0 Å². The van der Waals surface area contributed by atoms with Crippen LogP contribution in [0.5, 0.6) is 17.2 Å². The maximum atomic E-state index is 13.7. The number of aromatic amines is 1. The van der Waals surface area contributed by atoms with Crippen LogP contribution >= 0.6 is 0 Å². The van der Waals surface area contributed by atoms with Crippen LogP contribution in [0.25, 0.3) is 10.9 Å². The number of H-pyrrole nitrogens is 1. The van der Waals surface area contributed by atoms with Gasteiger partial charge in [0.15, 0.2) is 5.82 Å². The lowest BCUT2D eigenvalue weighted by atomic mass is 10.1. The summed E-state index contributed by atoms with van der Waals surface area (Å²) in [5.41, 5.74) is 2.18. The number of anilines is 1. The Bertz CT molecular complexity index is 1220. The summed E-state index contributed by atoms with van der Waals surface area (Å²) in [6, 6.07) is 12.9. The molecule has 4 rings (SSSR count). The molecule has 0 aliphatic rings. The summed E-state index contributed by atoms with van der Waals surface area (Å²) in [5, 5.41) is 10.1. The van der Waals surface area contributed by atoms with Crippen molar-refractivity contribution in [1.29, 1.82) is 0 Å². The number of nitrogens with zero attached hydrogens (tertiary/aromatic N) is 2. The number of carbonyl (C=O) groups excluding carboxylic acids is 1. The Morgan fingerprint density at radius 2 is 2.00 bits per heavy atom. The Morgan fingerprint density at radius 3 is 2.77 bits per heavy atom. The fourth-order valence-corrected chi connectivity index (χ4v) is 3.09. The van der Waals surface area contributed by atoms with E-state index in [9.17, 15) is 9.18 Å². The van der Waals surface area contributed by atoms with Crippen LogP contribution in [-0.2, 0) is 11.2 Å². The van der Waals surface area contributed by atoms with Crippen molar-refractivity contribution in [3.8, 4) is 17.2 Å². The van der Waals surface area contributed by atoms with Crippen LogP contribution in [0, 0.1) is 12.7 Å². The number of benzene rings is 2. The molecule has 4 aromatic rings. The van der Waals surface area contributed by atoms with Crippen LogP contribution < -0.4 is 14.8 Å². The van der Waals surface area contributed by atoms with Crippen LogP contribution in [0.2, 0.25) is 0 Å². The van der Waals surface area contributed by atoms with Crippen molar-refractivity contribution in [2.45, 2.75) is 13.3 Å². The second kappa shape index (κ2) is 8.20. The molecule has 2 N–H and O–H groups in total. The number of nitrogens with one attached hydrogen (secondary N) is 2. The van der Waals surface area contributed by atoms with Gasteiger partial charge in [-0.05, 0) is 37.3 Å². The number of hydrogen-bond acceptors (Lipinski definition) is 5. The average molecular weight is 406 g/mol. The van der Waals surface area contributed by atoms with Gasteiger partial charge >= 0.3 is 0 Å². The molecule has 0 radical (unpaired) electrons. The summed E-state index contributed by atoms with van der Waals surface area (Å²) in [6.07, 6.45) is 1.71. The predicted octanol–water partition coefficient (Wildman–Crippen LogP) is 4.39. The second-order valence-electron chi connectivity index (χ2n) is 6.71. The number of carbonyl (C=O) groups is 1. The fraction of sp³-hybridized carbons (Fsp3) is 0.136. The zero-order valence-corrected chi connectivity index (χ0v) is 16.4. The summed E-state index contributed by atoms with van der Waals surface area (Å²) < 4.78 is 25.0. The van der Waals surface area contributed by atoms with Crippen molar-refractivity contribution < 1.29 is 18.7 Å². The number of hydrogen-bond donors (Lipinski definition) is 2. The lowest BCUT2D eigenvalue weighted by Crippen LogP contribution is -2.15. The monoisotopic (exact) mass is 406 g/mol. The third-order valence-corrected chi connectivity index (χ3v) is 4.47. The van der Waals surface area contributed by atoms with E-state index in [1.54, 1.807) is 42.6 Å². The third kappa shape index (κ3) is 4.22. The highest BCUT2D eigenvalue weighted by Crippen LogP contribution is 2.32. The molecule has 2 aromatic carbocycles. The van der Waals surface area contributed by atoms with Gasteiger partial charge < -0.3 is 14.8 Å². The van der Waals surface area contributed by atoms with E-state index in [4.69, 9.17) is 9.47 Å². The van der Waals surface area contributed by atoms with E-state index in [1.165, 1.54) is 19.2 Å². The van der Waals surface area contributed by atoms with Gasteiger partial charge in [0, 0.05) is 35.0 Å². The first-order valence-corrected chi connectivity index (χ1v) is 9.23. The number of fused-ring (bicyclic) bond motifs is 1. The molecule has 0 bridgehead atoms. The molecule has 2 heterocycles. The first-order valence-electron chi connectivity index (χ1n) is 9.23. The zero-order chi connectivity index (χ0) is 21.1. The largest absolute Gasteiger partial charge is 0.496 e. The highest BCUT2D eigenvalue weighted by Gasteiger charge is 2.13. The average Bonchev–Trinajstić information content (AvgIpc) is 3.14. The van der Waals surface area contributed by atoms with Gasteiger partial charge in [0.1, 0.15) is 23.1 Å². The van der Waals surface area contributed by atoms with Crippen LogP contribution in [0.1, 0.15) is 11.3 Å². The minimum absolute atomic E-state index is 0.110. The van der Waals surface area contributed by atoms with Gasteiger partial charge in [0.25, 0.3) is 0 Å². The number of aromatic nitrogens is 3. The molecule has 0 atom stereocenters. The predicted molar refractivity (Wildman–Crippen MR) is 110 cm³/mol. The number of methoxy groups -OCH3 is 1. The van der Waals surface area contributed by atoms with Crippen LogP contribution in [0.15, 0.2) is 54.7 Å². The van der Waals surface area contributed by atoms with E-state index >= 15 is 0 Å². The molecule has 8 heteroatoms. The smallest absolute Gasteiger partial charge is 0.230 e. The summed E-state index contributed by atoms with van der Waals surface area (Å²) in [6.45, 7) is 1.85. The van der Waals surface area contributed by atoms with Gasteiger partial charge in [0.05, 0.1) is 19.0 Å². The number of halogens is 1. The minimum atomic E-state index is -0.369. The summed E-state index contributed by atoms with van der Waals surface area (Å²) in [7, 11) is 1.52. The SMILES string of the molecule is COc1cc(Oc2ccnc3ccc(F)cc23)ccc1CC(=O)Nc1cc(C)[nH]n1. The highest BCUT2D eigenvalue weighted by atomic mass is 19.1. The Kier molecular flexibility index (Phi) is 5.30. The zero-order valence-electron chi connectivity index (χ0n) is 16.4. The molecular formula is C22H19FN4O3. The molecule has 0 fully saturated rings. The van der Waals surface area contributed by atoms with Crippen molar-refractivity contribution in [1.82, 2.24) is 15.2 Å². The van der Waals surface area contributed by atoms with Crippen molar-refractivity contribution >= 4 is 22.6 Å². The molecule has 0 aliphatic heterocycles. The van der Waals surface area contributed by atoms with Crippen molar-refractivity contribution in [3.63, 3.8) is 0 Å². The molecule has 0 saturated carbocycles. The van der Waals surface area contributed by atoms with Crippen molar-refractivity contribution in [2.75, 3.05) is 12.4 Å². The summed E-state index contributed by atoms with van der Waals surface area (Å²) >= 11 is 0. The Hall–Kier alpha value is -3.94. The van der Waals surface area contributed by atoms with Gasteiger partial charge in [-0.3, -0.25) is 14.9 Å². The van der Waals surface area contributed by atoms with Crippen molar-refractivity contribution in [2.24, 2.45) is 0 Å². The molecule has 1 amide bonds. The molecule has 2 aromatic heterocycles. The van der Waals surface area contributed by atoms with Crippen molar-refractivity contribution in [3.05, 3.63) is 71.8 Å². The number of rotatable bonds is 6. The molecular weight excluding hydrogens is 387 g/mol. The number of pyridine rings is 1. The Morgan fingerprint density at radius 1 is 1.13 bits per heavy atom. The molecule has 30 heavy (non-hydrogen) atoms. The van der Waals surface area contributed by atoms with Gasteiger partial charge in [-0.25, -0.2) is 4.39 Å². The van der Waals surface area contributed by atoms with Gasteiger partial charge in [-0.1, -0.05) is 6.07 Å². The molecule has 7 nitrogen and oxygen atoms in total. The molecule has 152 valence electrons. The van der Waals surface area contributed by atoms with Crippen LogP contribution in [0.4, 0.5) is 10.2 Å². The standard InChI is InChI=1S/C22H19FN4O3/c1-13-9-21(27-26-13)25-22(28)10-14-3-5-16(12-20(14)29-2)30-19-7-8-24-18-6-4-15(23)11-17(18)19/h3-9,11-12H,10H2,1-2H3,(H2,25,26,27,28). The highest BCUT2D eigenvalue weighted by molar-refractivity contribution is 5.91. The number of ether oxygens (including phenoxy) is 2. The number of aryl methyl sites for hydroxylation is 1. The van der Waals surface area contributed by atoms with E-state index < -0.39 is 0 Å². The first kappa shape index (κ1) is 19.4. The lowest BCUT2D eigenvalue weighted by molar-refractivity contribution is -0.115. The first-order chi connectivity index (χ1) is 14.5. The maximum absolute atomic E-state index is 13.7. The number of amides is 1. The topological polar surface area (TPSA) is 89.1 Å². The van der Waals surface area contributed by atoms with E-state index in [0.29, 0.717) is 39.5 Å². The second-order valence-corrected chi connectivity index (χ2v) is 6.71. The third-order valence-electron chi connectivity index (χ3n) is 4.47. The fourth-order valence-electron chi connectivity index (χ4n) is 3.09. The van der Waals surface area contributed by atoms with E-state index in [2.05, 4.69) is 20.5 Å². The van der Waals surface area contributed by atoms with E-state index in [0.717, 1.165) is 5.69 Å². The Balaban J connectivity index is 1.54. The summed E-state index contributed by atoms with van der Waals surface area (Å²) in [5.74, 6) is 1.35. The van der Waals surface area contributed by atoms with Crippen LogP contribution in [-0.4, -0.2) is 28.2 Å². The molecule has 0 unspecified atom stereocenters. The van der Waals surface area contributed by atoms with Crippen LogP contribution in [0.3, 0.4) is 0 Å². The van der Waals surface area contributed by atoms with Gasteiger partial charge in [-0.2, -0.15) is 5.10 Å². The molecule has 0 saturated heterocycles. The quantitative estimate of drug-likeness (QED) is 0.496. The molecule has 0 aliphatic carbocycles. The lowest BCUT2D eigenvalue weighted by Gasteiger charge is -2.13.